The van der Waals surface area contributed by atoms with Crippen molar-refractivity contribution in [1.29, 1.82) is 0 Å². The van der Waals surface area contributed by atoms with Crippen LogP contribution < -0.4 is 5.32 Å². The Morgan fingerprint density at radius 3 is 2.53 bits per heavy atom. The molecule has 0 bridgehead atoms. The Kier molecular flexibility index (Phi) is 4.35. The van der Waals surface area contributed by atoms with Crippen molar-refractivity contribution in [3.8, 4) is 0 Å². The van der Waals surface area contributed by atoms with Gasteiger partial charge in [-0.3, -0.25) is 0 Å². The van der Waals surface area contributed by atoms with Crippen LogP contribution in [0.5, 0.6) is 0 Å². The minimum atomic E-state index is 0.560. The van der Waals surface area contributed by atoms with E-state index in [1.54, 1.807) is 0 Å². The summed E-state index contributed by atoms with van der Waals surface area (Å²) in [6, 6.07) is 6.60. The Labute approximate surface area is 114 Å². The van der Waals surface area contributed by atoms with Gasteiger partial charge in [0.2, 0.25) is 0 Å². The Balaban J connectivity index is 2.00. The molecule has 0 aliphatic heterocycles. The molecule has 2 atom stereocenters. The maximum Gasteiger partial charge on any atom is 0.0595 e. The predicted octanol–water partition coefficient (Wildman–Crippen LogP) is 4.49. The molecule has 1 fully saturated rings. The van der Waals surface area contributed by atoms with Crippen LogP contribution in [0.25, 0.3) is 0 Å². The van der Waals surface area contributed by atoms with Gasteiger partial charge >= 0.3 is 0 Å². The summed E-state index contributed by atoms with van der Waals surface area (Å²) < 4.78 is 0. The van der Waals surface area contributed by atoms with Crippen LogP contribution in [-0.4, -0.2) is 12.6 Å². The number of benzene rings is 1. The Morgan fingerprint density at radius 2 is 2.00 bits per heavy atom. The van der Waals surface area contributed by atoms with Gasteiger partial charge in [0.25, 0.3) is 0 Å². The highest BCUT2D eigenvalue weighted by molar-refractivity contribution is 6.42. The van der Waals surface area contributed by atoms with Crippen LogP contribution in [0.15, 0.2) is 18.2 Å². The minimum Gasteiger partial charge on any atom is -0.314 e. The topological polar surface area (TPSA) is 12.0 Å². The van der Waals surface area contributed by atoms with E-state index < -0.39 is 0 Å². The van der Waals surface area contributed by atoms with Crippen LogP contribution in [0.3, 0.4) is 0 Å². The fraction of sp³-hybridized carbons (Fsp3) is 0.571. The van der Waals surface area contributed by atoms with Crippen molar-refractivity contribution >= 4 is 23.2 Å². The van der Waals surface area contributed by atoms with Crippen LogP contribution in [0, 0.1) is 5.92 Å². The first-order valence-corrected chi connectivity index (χ1v) is 7.02. The lowest BCUT2D eigenvalue weighted by molar-refractivity contribution is 0.241. The second-order valence-corrected chi connectivity index (χ2v) is 5.99. The number of halogens is 2. The molecule has 1 aromatic rings. The maximum absolute atomic E-state index is 6.07. The second-order valence-electron chi connectivity index (χ2n) is 5.18. The molecule has 1 aliphatic carbocycles. The van der Waals surface area contributed by atoms with E-state index in [-0.39, 0.29) is 0 Å². The third kappa shape index (κ3) is 3.15. The number of rotatable bonds is 4. The summed E-state index contributed by atoms with van der Waals surface area (Å²) in [5, 5.41) is 4.83. The van der Waals surface area contributed by atoms with Crippen molar-refractivity contribution in [2.45, 2.75) is 38.6 Å². The van der Waals surface area contributed by atoms with Crippen molar-refractivity contribution in [1.82, 2.24) is 5.32 Å². The molecule has 0 aromatic heterocycles. The van der Waals surface area contributed by atoms with Crippen molar-refractivity contribution in [2.75, 3.05) is 6.54 Å². The van der Waals surface area contributed by atoms with Gasteiger partial charge in [-0.2, -0.15) is 0 Å². The average Bonchev–Trinajstić information content (AvgIpc) is 2.21. The van der Waals surface area contributed by atoms with Gasteiger partial charge in [-0.05, 0) is 48.9 Å². The Hall–Kier alpha value is -0.240. The SMILES string of the molecule is CC(C)NCC1CCC1c1ccc(Cl)c(Cl)c1. The van der Waals surface area contributed by atoms with Crippen molar-refractivity contribution in [3.05, 3.63) is 33.8 Å². The molecule has 1 aromatic carbocycles. The van der Waals surface area contributed by atoms with Gasteiger partial charge in [0.05, 0.1) is 10.0 Å². The predicted molar refractivity (Wildman–Crippen MR) is 75.1 cm³/mol. The molecular weight excluding hydrogens is 253 g/mol. The highest BCUT2D eigenvalue weighted by Gasteiger charge is 2.31. The number of hydrogen-bond donors (Lipinski definition) is 1. The quantitative estimate of drug-likeness (QED) is 0.851. The van der Waals surface area contributed by atoms with Gasteiger partial charge in [-0.15, -0.1) is 0 Å². The van der Waals surface area contributed by atoms with Crippen LogP contribution in [0.2, 0.25) is 10.0 Å². The van der Waals surface area contributed by atoms with E-state index in [0.717, 1.165) is 12.5 Å². The van der Waals surface area contributed by atoms with Crippen molar-refractivity contribution < 1.29 is 0 Å². The highest BCUT2D eigenvalue weighted by Crippen LogP contribution is 2.43. The smallest absolute Gasteiger partial charge is 0.0595 e. The third-order valence-electron chi connectivity index (χ3n) is 3.58. The third-order valence-corrected chi connectivity index (χ3v) is 4.32. The van der Waals surface area contributed by atoms with Crippen LogP contribution in [0.4, 0.5) is 0 Å². The molecule has 0 radical (unpaired) electrons. The molecule has 94 valence electrons. The summed E-state index contributed by atoms with van der Waals surface area (Å²) in [7, 11) is 0. The summed E-state index contributed by atoms with van der Waals surface area (Å²) in [4.78, 5) is 0. The lowest BCUT2D eigenvalue weighted by Crippen LogP contribution is -2.36. The highest BCUT2D eigenvalue weighted by atomic mass is 35.5. The Bertz CT molecular complexity index is 390. The molecule has 0 saturated heterocycles. The molecule has 0 amide bonds. The van der Waals surface area contributed by atoms with E-state index in [1.807, 2.05) is 12.1 Å². The van der Waals surface area contributed by atoms with Gasteiger partial charge in [0.1, 0.15) is 0 Å². The van der Waals surface area contributed by atoms with E-state index in [9.17, 15) is 0 Å². The first kappa shape index (κ1) is 13.2. The van der Waals surface area contributed by atoms with Crippen LogP contribution in [0.1, 0.15) is 38.2 Å². The molecule has 1 nitrogen and oxygen atoms in total. The van der Waals surface area contributed by atoms with E-state index in [0.29, 0.717) is 22.0 Å². The van der Waals surface area contributed by atoms with Gasteiger partial charge < -0.3 is 5.32 Å². The zero-order chi connectivity index (χ0) is 12.4. The molecule has 17 heavy (non-hydrogen) atoms. The van der Waals surface area contributed by atoms with Gasteiger partial charge in [0.15, 0.2) is 0 Å². The lowest BCUT2D eigenvalue weighted by atomic mass is 9.70. The zero-order valence-corrected chi connectivity index (χ0v) is 11.9. The second kappa shape index (κ2) is 5.60. The fourth-order valence-electron chi connectivity index (χ4n) is 2.38. The summed E-state index contributed by atoms with van der Waals surface area (Å²) in [6.07, 6.45) is 2.58. The monoisotopic (exact) mass is 271 g/mol. The largest absolute Gasteiger partial charge is 0.314 e. The first-order chi connectivity index (χ1) is 8.08. The average molecular weight is 272 g/mol. The molecule has 1 saturated carbocycles. The van der Waals surface area contributed by atoms with Crippen molar-refractivity contribution in [3.63, 3.8) is 0 Å². The molecule has 2 unspecified atom stereocenters. The van der Waals surface area contributed by atoms with Gasteiger partial charge in [-0.1, -0.05) is 43.1 Å². The molecule has 0 spiro atoms. The van der Waals surface area contributed by atoms with Gasteiger partial charge in [0, 0.05) is 6.04 Å². The Morgan fingerprint density at radius 1 is 1.24 bits per heavy atom. The van der Waals surface area contributed by atoms with E-state index in [1.165, 1.54) is 18.4 Å². The number of hydrogen-bond acceptors (Lipinski definition) is 1. The normalized spacial score (nSPS) is 23.8. The first-order valence-electron chi connectivity index (χ1n) is 6.26. The molecule has 1 N–H and O–H groups in total. The van der Waals surface area contributed by atoms with Crippen LogP contribution in [-0.2, 0) is 0 Å². The van der Waals surface area contributed by atoms with Crippen LogP contribution >= 0.6 is 23.2 Å². The molecular formula is C14H19Cl2N. The fourth-order valence-corrected chi connectivity index (χ4v) is 2.69. The van der Waals surface area contributed by atoms with E-state index in [2.05, 4.69) is 25.2 Å². The summed E-state index contributed by atoms with van der Waals surface area (Å²) in [5.41, 5.74) is 1.33. The van der Waals surface area contributed by atoms with E-state index in [4.69, 9.17) is 23.2 Å². The molecule has 1 aliphatic rings. The minimum absolute atomic E-state index is 0.560. The molecule has 0 heterocycles. The molecule has 2 rings (SSSR count). The number of nitrogens with one attached hydrogen (secondary N) is 1. The maximum atomic E-state index is 6.07. The standard InChI is InChI=1S/C14H19Cl2N/c1-9(2)17-8-11-3-5-12(11)10-4-6-13(15)14(16)7-10/h4,6-7,9,11-12,17H,3,5,8H2,1-2H3. The summed E-state index contributed by atoms with van der Waals surface area (Å²) in [6.45, 7) is 5.47. The molecule has 3 heteroatoms. The lowest BCUT2D eigenvalue weighted by Gasteiger charge is -2.38. The summed E-state index contributed by atoms with van der Waals surface area (Å²) >= 11 is 12.0. The van der Waals surface area contributed by atoms with Gasteiger partial charge in [-0.25, -0.2) is 0 Å². The van der Waals surface area contributed by atoms with Crippen molar-refractivity contribution in [2.24, 2.45) is 5.92 Å². The zero-order valence-electron chi connectivity index (χ0n) is 10.3. The summed E-state index contributed by atoms with van der Waals surface area (Å²) in [5.74, 6) is 1.39. The van der Waals surface area contributed by atoms with E-state index >= 15 is 0 Å².